The summed E-state index contributed by atoms with van der Waals surface area (Å²) < 4.78 is 0. The summed E-state index contributed by atoms with van der Waals surface area (Å²) in [6.45, 7) is 4.78. The van der Waals surface area contributed by atoms with E-state index in [1.54, 1.807) is 4.90 Å². The smallest absolute Gasteiger partial charge is 0.319 e. The topological polar surface area (TPSA) is 76.3 Å². The number of aromatic nitrogens is 1. The number of carbonyl (C=O) groups excluding carboxylic acids is 1. The van der Waals surface area contributed by atoms with E-state index in [1.165, 1.54) is 12.3 Å². The fraction of sp³-hybridized carbons (Fsp3) is 0.571. The Bertz CT molecular complexity index is 558. The van der Waals surface area contributed by atoms with E-state index in [4.69, 9.17) is 11.6 Å². The zero-order valence-electron chi connectivity index (χ0n) is 12.1. The number of hydrogen-bond donors (Lipinski definition) is 0. The van der Waals surface area contributed by atoms with Crippen LogP contribution in [0.5, 0.6) is 0 Å². The van der Waals surface area contributed by atoms with Crippen molar-refractivity contribution in [3.8, 4) is 0 Å². The fourth-order valence-electron chi connectivity index (χ4n) is 2.16. The van der Waals surface area contributed by atoms with Crippen molar-refractivity contribution in [2.75, 3.05) is 6.54 Å². The first-order valence-electron chi connectivity index (χ1n) is 7.01. The van der Waals surface area contributed by atoms with Crippen LogP contribution >= 0.6 is 11.6 Å². The van der Waals surface area contributed by atoms with E-state index in [-0.39, 0.29) is 22.7 Å². The molecule has 114 valence electrons. The number of halogens is 1. The van der Waals surface area contributed by atoms with Gasteiger partial charge in [0.15, 0.2) is 0 Å². The molecule has 0 unspecified atom stereocenters. The molecular formula is C14H18ClN3O3. The normalized spacial score (nSPS) is 14.3. The molecule has 2 rings (SSSR count). The highest BCUT2D eigenvalue weighted by molar-refractivity contribution is 6.32. The summed E-state index contributed by atoms with van der Waals surface area (Å²) in [4.78, 5) is 28.6. The van der Waals surface area contributed by atoms with Crippen molar-refractivity contribution < 1.29 is 9.72 Å². The summed E-state index contributed by atoms with van der Waals surface area (Å²) in [5.74, 6) is 0.143. The molecule has 0 aromatic carbocycles. The number of carbonyl (C=O) groups is 1. The minimum absolute atomic E-state index is 0.0238. The number of nitrogens with zero attached hydrogens (tertiary/aromatic N) is 3. The van der Waals surface area contributed by atoms with Crippen molar-refractivity contribution in [2.24, 2.45) is 5.92 Å². The molecule has 0 atom stereocenters. The number of amides is 1. The van der Waals surface area contributed by atoms with Gasteiger partial charge in [0.1, 0.15) is 5.56 Å². The van der Waals surface area contributed by atoms with Crippen LogP contribution in [0, 0.1) is 16.0 Å². The number of rotatable bonds is 6. The Morgan fingerprint density at radius 3 is 2.76 bits per heavy atom. The zero-order valence-corrected chi connectivity index (χ0v) is 12.8. The average molecular weight is 312 g/mol. The third-order valence-electron chi connectivity index (χ3n) is 3.49. The summed E-state index contributed by atoms with van der Waals surface area (Å²) in [6, 6.07) is 1.57. The number of nitro groups is 1. The third-order valence-corrected chi connectivity index (χ3v) is 3.77. The highest BCUT2D eigenvalue weighted by Gasteiger charge is 2.36. The molecule has 0 radical (unpaired) electrons. The Morgan fingerprint density at radius 2 is 2.24 bits per heavy atom. The molecule has 0 aliphatic heterocycles. The van der Waals surface area contributed by atoms with E-state index in [2.05, 4.69) is 18.8 Å². The molecule has 6 nitrogen and oxygen atoms in total. The van der Waals surface area contributed by atoms with Gasteiger partial charge in [0.05, 0.1) is 4.92 Å². The summed E-state index contributed by atoms with van der Waals surface area (Å²) >= 11 is 5.77. The van der Waals surface area contributed by atoms with Crippen LogP contribution in [-0.4, -0.2) is 33.3 Å². The van der Waals surface area contributed by atoms with Crippen molar-refractivity contribution in [2.45, 2.75) is 39.2 Å². The second kappa shape index (κ2) is 6.39. The van der Waals surface area contributed by atoms with Crippen molar-refractivity contribution in [3.63, 3.8) is 0 Å². The maximum atomic E-state index is 12.7. The molecular weight excluding hydrogens is 294 g/mol. The van der Waals surface area contributed by atoms with Gasteiger partial charge in [-0.05, 0) is 31.2 Å². The average Bonchev–Trinajstić information content (AvgIpc) is 3.22. The summed E-state index contributed by atoms with van der Waals surface area (Å²) in [5.41, 5.74) is -0.380. The van der Waals surface area contributed by atoms with E-state index in [0.717, 1.165) is 19.3 Å². The fourth-order valence-corrected chi connectivity index (χ4v) is 2.39. The number of hydrogen-bond acceptors (Lipinski definition) is 4. The Kier molecular flexibility index (Phi) is 4.77. The minimum atomic E-state index is -0.643. The van der Waals surface area contributed by atoms with Crippen LogP contribution in [0.3, 0.4) is 0 Å². The van der Waals surface area contributed by atoms with Gasteiger partial charge in [-0.1, -0.05) is 25.4 Å². The standard InChI is InChI=1S/C14H18ClN3O3/c1-9(2)6-8-17(10-3-4-10)14(19)11-5-7-16-13(15)12(11)18(20)21/h5,7,9-10H,3-4,6,8H2,1-2H3. The molecule has 1 aliphatic rings. The van der Waals surface area contributed by atoms with Crippen LogP contribution in [0.25, 0.3) is 0 Å². The Morgan fingerprint density at radius 1 is 1.57 bits per heavy atom. The molecule has 1 amide bonds. The first kappa shape index (κ1) is 15.7. The van der Waals surface area contributed by atoms with Gasteiger partial charge in [-0.3, -0.25) is 14.9 Å². The van der Waals surface area contributed by atoms with Crippen LogP contribution in [0.15, 0.2) is 12.3 Å². The van der Waals surface area contributed by atoms with Gasteiger partial charge in [0.2, 0.25) is 5.15 Å². The first-order chi connectivity index (χ1) is 9.91. The molecule has 21 heavy (non-hydrogen) atoms. The van der Waals surface area contributed by atoms with Gasteiger partial charge in [-0.15, -0.1) is 0 Å². The van der Waals surface area contributed by atoms with E-state index in [1.807, 2.05) is 0 Å². The van der Waals surface area contributed by atoms with Gasteiger partial charge < -0.3 is 4.90 Å². The van der Waals surface area contributed by atoms with Gasteiger partial charge >= 0.3 is 5.69 Å². The van der Waals surface area contributed by atoms with Gasteiger partial charge in [0, 0.05) is 18.8 Å². The Hall–Kier alpha value is -1.69. The monoisotopic (exact) mass is 311 g/mol. The Labute approximate surface area is 128 Å². The maximum Gasteiger partial charge on any atom is 0.319 e. The molecule has 1 fully saturated rings. The van der Waals surface area contributed by atoms with E-state index in [0.29, 0.717) is 12.5 Å². The van der Waals surface area contributed by atoms with E-state index >= 15 is 0 Å². The third kappa shape index (κ3) is 3.69. The second-order valence-electron chi connectivity index (χ2n) is 5.67. The summed E-state index contributed by atoms with van der Waals surface area (Å²) in [5, 5.41) is 10.9. The van der Waals surface area contributed by atoms with Crippen LogP contribution in [0.1, 0.15) is 43.5 Å². The van der Waals surface area contributed by atoms with Crippen LogP contribution in [0.4, 0.5) is 5.69 Å². The molecule has 1 aromatic rings. The van der Waals surface area contributed by atoms with E-state index in [9.17, 15) is 14.9 Å². The van der Waals surface area contributed by atoms with Crippen molar-refractivity contribution in [1.29, 1.82) is 0 Å². The molecule has 0 saturated heterocycles. The molecule has 1 saturated carbocycles. The lowest BCUT2D eigenvalue weighted by Gasteiger charge is -2.23. The maximum absolute atomic E-state index is 12.7. The molecule has 1 heterocycles. The molecule has 0 N–H and O–H groups in total. The minimum Gasteiger partial charge on any atom is -0.335 e. The largest absolute Gasteiger partial charge is 0.335 e. The van der Waals surface area contributed by atoms with E-state index < -0.39 is 10.6 Å². The number of pyridine rings is 1. The van der Waals surface area contributed by atoms with Crippen molar-refractivity contribution >= 4 is 23.2 Å². The highest BCUT2D eigenvalue weighted by Crippen LogP contribution is 2.32. The first-order valence-corrected chi connectivity index (χ1v) is 7.39. The van der Waals surface area contributed by atoms with Crippen molar-refractivity contribution in [3.05, 3.63) is 33.1 Å². The molecule has 1 aromatic heterocycles. The predicted molar refractivity (Wildman–Crippen MR) is 79.4 cm³/mol. The van der Waals surface area contributed by atoms with Crippen molar-refractivity contribution in [1.82, 2.24) is 9.88 Å². The van der Waals surface area contributed by atoms with Crippen LogP contribution in [-0.2, 0) is 0 Å². The molecule has 7 heteroatoms. The van der Waals surface area contributed by atoms with Crippen LogP contribution < -0.4 is 0 Å². The van der Waals surface area contributed by atoms with Gasteiger partial charge in [0.25, 0.3) is 5.91 Å². The Balaban J connectivity index is 2.28. The lowest BCUT2D eigenvalue weighted by atomic mass is 10.1. The predicted octanol–water partition coefficient (Wildman–Crippen LogP) is 3.29. The van der Waals surface area contributed by atoms with Crippen LogP contribution in [0.2, 0.25) is 5.15 Å². The lowest BCUT2D eigenvalue weighted by molar-refractivity contribution is -0.385. The van der Waals surface area contributed by atoms with Gasteiger partial charge in [-0.25, -0.2) is 4.98 Å². The molecule has 0 bridgehead atoms. The zero-order chi connectivity index (χ0) is 15.6. The summed E-state index contributed by atoms with van der Waals surface area (Å²) in [6.07, 6.45) is 4.11. The summed E-state index contributed by atoms with van der Waals surface area (Å²) in [7, 11) is 0. The highest BCUT2D eigenvalue weighted by atomic mass is 35.5. The SMILES string of the molecule is CC(C)CCN(C(=O)c1ccnc(Cl)c1[N+](=O)[O-])C1CC1. The van der Waals surface area contributed by atoms with Gasteiger partial charge in [-0.2, -0.15) is 0 Å². The quantitative estimate of drug-likeness (QED) is 0.459. The lowest BCUT2D eigenvalue weighted by Crippen LogP contribution is -2.35. The molecule has 1 aliphatic carbocycles. The second-order valence-corrected chi connectivity index (χ2v) is 6.03. The molecule has 0 spiro atoms.